The average Bonchev–Trinajstić information content (AvgIpc) is 2.86. The summed E-state index contributed by atoms with van der Waals surface area (Å²) in [6.07, 6.45) is 6.02. The summed E-state index contributed by atoms with van der Waals surface area (Å²) in [7, 11) is 2.13. The third kappa shape index (κ3) is 7.70. The van der Waals surface area contributed by atoms with E-state index in [1.807, 2.05) is 70.2 Å². The summed E-state index contributed by atoms with van der Waals surface area (Å²) in [6, 6.07) is 13.5. The van der Waals surface area contributed by atoms with Gasteiger partial charge in [0.25, 0.3) is 5.91 Å². The number of piperazine rings is 1. The van der Waals surface area contributed by atoms with Crippen molar-refractivity contribution in [3.63, 3.8) is 0 Å². The number of benzene rings is 2. The van der Waals surface area contributed by atoms with Crippen LogP contribution in [0.15, 0.2) is 84.6 Å². The number of allylic oxidation sites excluding steroid dienone is 2. The van der Waals surface area contributed by atoms with Gasteiger partial charge in [0.15, 0.2) is 0 Å². The first-order chi connectivity index (χ1) is 16.4. The van der Waals surface area contributed by atoms with Crippen LogP contribution in [0.5, 0.6) is 0 Å². The van der Waals surface area contributed by atoms with E-state index in [2.05, 4.69) is 23.4 Å². The van der Waals surface area contributed by atoms with E-state index < -0.39 is 0 Å². The number of carbonyl (C=O) groups excluding carboxylic acids is 1. The smallest absolute Gasteiger partial charge is 0.258 e. The Hall–Kier alpha value is -3.18. The van der Waals surface area contributed by atoms with E-state index in [1.165, 1.54) is 12.1 Å². The molecule has 1 amide bonds. The molecule has 0 unspecified atom stereocenters. The summed E-state index contributed by atoms with van der Waals surface area (Å²) in [4.78, 5) is 19.6. The lowest BCUT2D eigenvalue weighted by Gasteiger charge is -2.34. The van der Waals surface area contributed by atoms with Crippen LogP contribution in [0.25, 0.3) is 0 Å². The molecule has 0 atom stereocenters. The predicted molar refractivity (Wildman–Crippen MR) is 142 cm³/mol. The lowest BCUT2D eigenvalue weighted by molar-refractivity contribution is 0.0989. The minimum atomic E-state index is -0.328. The topological polar surface area (TPSA) is 26.8 Å². The molecule has 1 fully saturated rings. The number of amides is 1. The molecule has 3 rings (SSSR count). The summed E-state index contributed by atoms with van der Waals surface area (Å²) in [5.41, 5.74) is 4.29. The minimum Gasteiger partial charge on any atom is -0.369 e. The van der Waals surface area contributed by atoms with E-state index >= 15 is 0 Å². The first-order valence-corrected chi connectivity index (χ1v) is 12.0. The fourth-order valence-corrected chi connectivity index (χ4v) is 3.58. The Morgan fingerprint density at radius 3 is 2.15 bits per heavy atom. The maximum atomic E-state index is 13.5. The van der Waals surface area contributed by atoms with Gasteiger partial charge in [0.1, 0.15) is 5.82 Å². The first kappa shape index (κ1) is 27.1. The maximum absolute atomic E-state index is 13.5. The van der Waals surface area contributed by atoms with Crippen LogP contribution in [0.2, 0.25) is 0 Å². The summed E-state index contributed by atoms with van der Waals surface area (Å²) < 4.78 is 13.5. The molecule has 182 valence electrons. The zero-order chi connectivity index (χ0) is 25.1. The highest BCUT2D eigenvalue weighted by atomic mass is 19.1. The van der Waals surface area contributed by atoms with Gasteiger partial charge in [0.2, 0.25) is 0 Å². The third-order valence-corrected chi connectivity index (χ3v) is 5.79. The fraction of sp³-hybridized carbons (Fsp3) is 0.345. The minimum absolute atomic E-state index is 0.123. The molecule has 1 aliphatic heterocycles. The van der Waals surface area contributed by atoms with Gasteiger partial charge in [0.05, 0.1) is 6.54 Å². The second-order valence-corrected chi connectivity index (χ2v) is 8.21. The van der Waals surface area contributed by atoms with Crippen LogP contribution in [0.4, 0.5) is 10.1 Å². The molecule has 0 spiro atoms. The Bertz CT molecular complexity index is 985. The van der Waals surface area contributed by atoms with Crippen molar-refractivity contribution >= 4 is 11.6 Å². The predicted octanol–water partition coefficient (Wildman–Crippen LogP) is 6.07. The number of carbonyl (C=O) groups is 1. The molecule has 0 saturated carbocycles. The third-order valence-electron chi connectivity index (χ3n) is 5.79. The van der Waals surface area contributed by atoms with E-state index in [1.54, 1.807) is 17.0 Å². The van der Waals surface area contributed by atoms with Gasteiger partial charge in [-0.3, -0.25) is 4.79 Å². The Balaban J connectivity index is 0.00000199. The van der Waals surface area contributed by atoms with Crippen molar-refractivity contribution in [1.29, 1.82) is 0 Å². The van der Waals surface area contributed by atoms with Crippen molar-refractivity contribution in [3.8, 4) is 0 Å². The summed E-state index contributed by atoms with van der Waals surface area (Å²) in [5.74, 6) is -0.451. The SMILES string of the molecule is C=C(/C=C\C(=C/C)CN(C(=O)c1ccc(C)cc1)c1ccc(F)cc1)N1CCN(C)CC1.CC. The number of likely N-dealkylation sites (N-methyl/N-ethyl adjacent to an activating group) is 1. The molecule has 34 heavy (non-hydrogen) atoms. The van der Waals surface area contributed by atoms with E-state index in [9.17, 15) is 9.18 Å². The monoisotopic (exact) mass is 463 g/mol. The Morgan fingerprint density at radius 1 is 1.00 bits per heavy atom. The number of hydrogen-bond acceptors (Lipinski definition) is 3. The molecule has 2 aromatic rings. The summed E-state index contributed by atoms with van der Waals surface area (Å²) in [5, 5.41) is 0. The van der Waals surface area contributed by atoms with Crippen LogP contribution in [0, 0.1) is 12.7 Å². The zero-order valence-corrected chi connectivity index (χ0v) is 21.2. The van der Waals surface area contributed by atoms with Gasteiger partial charge in [-0.1, -0.05) is 50.3 Å². The highest BCUT2D eigenvalue weighted by Crippen LogP contribution is 2.21. The number of nitrogens with zero attached hydrogens (tertiary/aromatic N) is 3. The fourth-order valence-electron chi connectivity index (χ4n) is 3.58. The van der Waals surface area contributed by atoms with E-state index in [4.69, 9.17) is 0 Å². The van der Waals surface area contributed by atoms with Crippen LogP contribution in [-0.2, 0) is 0 Å². The molecule has 0 aliphatic carbocycles. The normalized spacial score (nSPS) is 14.5. The van der Waals surface area contributed by atoms with Crippen LogP contribution < -0.4 is 4.90 Å². The average molecular weight is 464 g/mol. The zero-order valence-electron chi connectivity index (χ0n) is 21.2. The van der Waals surface area contributed by atoms with Crippen LogP contribution in [0.3, 0.4) is 0 Å². The van der Waals surface area contributed by atoms with Gasteiger partial charge >= 0.3 is 0 Å². The van der Waals surface area contributed by atoms with E-state index in [0.29, 0.717) is 17.8 Å². The first-order valence-electron chi connectivity index (χ1n) is 12.0. The van der Waals surface area contributed by atoms with Crippen LogP contribution in [0.1, 0.15) is 36.7 Å². The lowest BCUT2D eigenvalue weighted by atomic mass is 10.1. The molecule has 1 heterocycles. The molecule has 0 N–H and O–H groups in total. The van der Waals surface area contributed by atoms with Gasteiger partial charge in [-0.2, -0.15) is 0 Å². The molecule has 0 radical (unpaired) electrons. The number of halogens is 1. The lowest BCUT2D eigenvalue weighted by Crippen LogP contribution is -2.43. The summed E-state index contributed by atoms with van der Waals surface area (Å²) >= 11 is 0. The van der Waals surface area contributed by atoms with Gasteiger partial charge in [-0.15, -0.1) is 0 Å². The standard InChI is InChI=1S/C27H32FN3O.C2H6/c1-5-23(9-8-22(3)30-18-16-29(4)17-19-30)20-31(26-14-12-25(28)13-15-26)27(32)24-10-6-21(2)7-11-24;1-2/h5-15H,3,16-20H2,1-2,4H3;1-2H3/b9-8-,23-5+;. The van der Waals surface area contributed by atoms with Crippen LogP contribution in [-0.4, -0.2) is 55.5 Å². The second kappa shape index (κ2) is 13.5. The maximum Gasteiger partial charge on any atom is 0.258 e. The Morgan fingerprint density at radius 2 is 1.59 bits per heavy atom. The number of hydrogen-bond donors (Lipinski definition) is 0. The highest BCUT2D eigenvalue weighted by Gasteiger charge is 2.19. The van der Waals surface area contributed by atoms with Crippen molar-refractivity contribution in [2.75, 3.05) is 44.7 Å². The van der Waals surface area contributed by atoms with Gasteiger partial charge in [-0.05, 0) is 68.9 Å². The Kier molecular flexibility index (Phi) is 10.8. The molecule has 0 bridgehead atoms. The summed E-state index contributed by atoms with van der Waals surface area (Å²) in [6.45, 7) is 16.5. The molecule has 5 heteroatoms. The largest absolute Gasteiger partial charge is 0.369 e. The van der Waals surface area contributed by atoms with Crippen molar-refractivity contribution in [2.24, 2.45) is 0 Å². The number of anilines is 1. The molecule has 2 aromatic carbocycles. The van der Waals surface area contributed by atoms with Crippen molar-refractivity contribution in [3.05, 3.63) is 102 Å². The molecule has 0 aromatic heterocycles. The highest BCUT2D eigenvalue weighted by molar-refractivity contribution is 6.06. The quantitative estimate of drug-likeness (QED) is 0.466. The molecule has 4 nitrogen and oxygen atoms in total. The molecular weight excluding hydrogens is 425 g/mol. The number of rotatable bonds is 7. The van der Waals surface area contributed by atoms with Crippen molar-refractivity contribution in [1.82, 2.24) is 9.80 Å². The van der Waals surface area contributed by atoms with E-state index in [0.717, 1.165) is 43.0 Å². The van der Waals surface area contributed by atoms with Gasteiger partial charge in [-0.25, -0.2) is 4.39 Å². The van der Waals surface area contributed by atoms with Crippen molar-refractivity contribution < 1.29 is 9.18 Å². The number of aryl methyl sites for hydroxylation is 1. The molecule has 1 saturated heterocycles. The molecular formula is C29H38FN3O. The van der Waals surface area contributed by atoms with Gasteiger partial charge in [0, 0.05) is 43.1 Å². The van der Waals surface area contributed by atoms with Gasteiger partial charge < -0.3 is 14.7 Å². The van der Waals surface area contributed by atoms with E-state index in [-0.39, 0.29) is 11.7 Å². The van der Waals surface area contributed by atoms with Crippen molar-refractivity contribution in [2.45, 2.75) is 27.7 Å². The van der Waals surface area contributed by atoms with Crippen LogP contribution >= 0.6 is 0 Å². The second-order valence-electron chi connectivity index (χ2n) is 8.21. The molecule has 1 aliphatic rings. The Labute approximate surface area is 204 Å².